The first-order valence-electron chi connectivity index (χ1n) is 19.3. The minimum absolute atomic E-state index is 0.0115. The first-order chi connectivity index (χ1) is 26.9. The van der Waals surface area contributed by atoms with Crippen molar-refractivity contribution in [3.63, 3.8) is 0 Å². The smallest absolute Gasteiger partial charge is 0.333 e. The van der Waals surface area contributed by atoms with Crippen LogP contribution in [0.1, 0.15) is 75.8 Å². The number of aromatic hydroxyl groups is 1. The average molecular weight is 782 g/mol. The molecular formula is C42H47N5O8S. The monoisotopic (exact) mass is 781 g/mol. The Morgan fingerprint density at radius 3 is 2.68 bits per heavy atom. The minimum Gasteiger partial charge on any atom is -0.504 e. The Labute approximate surface area is 329 Å². The Bertz CT molecular complexity index is 2370. The Hall–Kier alpha value is -4.47. The second-order valence-electron chi connectivity index (χ2n) is 16.6. The molecule has 12 rings (SSSR count). The van der Waals surface area contributed by atoms with Gasteiger partial charge < -0.3 is 39.5 Å². The van der Waals surface area contributed by atoms with Gasteiger partial charge in [-0.25, -0.2) is 4.79 Å². The summed E-state index contributed by atoms with van der Waals surface area (Å²) < 4.78 is 31.2. The van der Waals surface area contributed by atoms with Crippen molar-refractivity contribution in [2.75, 3.05) is 46.4 Å². The summed E-state index contributed by atoms with van der Waals surface area (Å²) in [7, 11) is 3.70. The van der Waals surface area contributed by atoms with E-state index < -0.39 is 28.3 Å². The van der Waals surface area contributed by atoms with Crippen LogP contribution in [0.3, 0.4) is 0 Å². The first-order valence-corrected chi connectivity index (χ1v) is 20.3. The van der Waals surface area contributed by atoms with Crippen LogP contribution in [-0.2, 0) is 32.7 Å². The summed E-state index contributed by atoms with van der Waals surface area (Å²) in [6.45, 7) is 8.53. The van der Waals surface area contributed by atoms with Crippen molar-refractivity contribution in [1.82, 2.24) is 20.1 Å². The lowest BCUT2D eigenvalue weighted by Gasteiger charge is -2.61. The molecule has 4 bridgehead atoms. The van der Waals surface area contributed by atoms with Gasteiger partial charge in [-0.2, -0.15) is 0 Å². The molecule has 0 radical (unpaired) electrons. The standard InChI is InChI=1S/C42H47N5O8S/c1-19-11-22-13-41(4)16-46(5)31(28(22)33(49)34(19)51-6)32-38-30-29(37-36(53-18-54-37)20(2)35(30)55-21(3)48)27(47(32)41)15-52-40(50)42(17-56-38)39-25(12-23(14-43)45-42)24-9-7-8-10-26(24)44-39/h7-11,23,27,31-32,38,44-45,49H,12-18,43H2,1-6H3/t23-,27?,31-,32+,38+,41?,42+/m0/s1. The van der Waals surface area contributed by atoms with E-state index in [9.17, 15) is 9.90 Å². The summed E-state index contributed by atoms with van der Waals surface area (Å²) in [5.41, 5.74) is 12.4. The van der Waals surface area contributed by atoms with Crippen LogP contribution in [0.5, 0.6) is 28.7 Å². The number of nitrogens with zero attached hydrogens (tertiary/aromatic N) is 2. The second kappa shape index (κ2) is 12.5. The van der Waals surface area contributed by atoms with E-state index in [1.165, 1.54) is 6.92 Å². The highest BCUT2D eigenvalue weighted by Gasteiger charge is 2.63. The number of nitrogens with two attached hydrogens (primary N) is 1. The zero-order chi connectivity index (χ0) is 39.0. The molecule has 3 aromatic carbocycles. The maximum atomic E-state index is 15.1. The van der Waals surface area contributed by atoms with E-state index in [4.69, 9.17) is 29.4 Å². The summed E-state index contributed by atoms with van der Waals surface area (Å²) in [5, 5.41) is 16.5. The molecule has 4 aromatic rings. The van der Waals surface area contributed by atoms with Crippen molar-refractivity contribution in [3.05, 3.63) is 75.0 Å². The van der Waals surface area contributed by atoms with Gasteiger partial charge in [0.2, 0.25) is 6.79 Å². The zero-order valence-electron chi connectivity index (χ0n) is 32.4. The maximum Gasteiger partial charge on any atom is 0.333 e. The Balaban J connectivity index is 1.26. The molecule has 2 saturated heterocycles. The molecule has 0 amide bonds. The molecule has 9 heterocycles. The summed E-state index contributed by atoms with van der Waals surface area (Å²) in [5.74, 6) is 1.55. The molecule has 0 aliphatic carbocycles. The SMILES string of the molecule is COc1c(C)cc2c(c1O)[C@H]1[C@@H]3[C@@H]4SC[C@]5(N[C@H](CN)Cc6c5[nH]c5ccccc65)C(=O)OCC(c5c6c(c(C)c(OC(C)=O)c54)OCO6)N3C(C)(C2)CN1C. The number of thioether (sulfide) groups is 1. The number of nitrogens with one attached hydrogen (secondary N) is 2. The van der Waals surface area contributed by atoms with Crippen molar-refractivity contribution in [2.24, 2.45) is 5.73 Å². The van der Waals surface area contributed by atoms with E-state index in [1.807, 2.05) is 32.0 Å². The van der Waals surface area contributed by atoms with Crippen molar-refractivity contribution < 1.29 is 38.4 Å². The Kier molecular flexibility index (Phi) is 8.02. The molecule has 8 aliphatic heterocycles. The topological polar surface area (TPSA) is 161 Å². The van der Waals surface area contributed by atoms with Crippen molar-refractivity contribution in [1.29, 1.82) is 0 Å². The number of methoxy groups -OCH3 is 1. The van der Waals surface area contributed by atoms with Crippen LogP contribution in [0.4, 0.5) is 0 Å². The minimum atomic E-state index is -1.28. The number of hydrogen-bond donors (Lipinski definition) is 4. The second-order valence-corrected chi connectivity index (χ2v) is 17.7. The number of phenolic OH excluding ortho intramolecular Hbond substituents is 1. The van der Waals surface area contributed by atoms with Gasteiger partial charge >= 0.3 is 11.9 Å². The molecule has 0 saturated carbocycles. The normalized spacial score (nSPS) is 31.3. The predicted molar refractivity (Wildman–Crippen MR) is 210 cm³/mol. The molecule has 56 heavy (non-hydrogen) atoms. The molecule has 5 N–H and O–H groups in total. The number of aromatic amines is 1. The quantitative estimate of drug-likeness (QED) is 0.169. The number of rotatable bonds is 3. The third-order valence-corrected chi connectivity index (χ3v) is 14.7. The van der Waals surface area contributed by atoms with Crippen LogP contribution >= 0.6 is 11.8 Å². The molecule has 8 aliphatic rings. The van der Waals surface area contributed by atoms with Crippen LogP contribution in [0.25, 0.3) is 10.9 Å². The number of esters is 2. The number of aromatic nitrogens is 1. The van der Waals surface area contributed by atoms with Gasteiger partial charge in [-0.05, 0) is 63.4 Å². The summed E-state index contributed by atoms with van der Waals surface area (Å²) in [6, 6.07) is 8.90. The molecule has 14 heteroatoms. The van der Waals surface area contributed by atoms with Gasteiger partial charge in [0.15, 0.2) is 28.5 Å². The number of benzene rings is 3. The van der Waals surface area contributed by atoms with Gasteiger partial charge in [0, 0.05) is 76.5 Å². The number of fused-ring (bicyclic) bond motifs is 8. The molecule has 2 fully saturated rings. The number of aryl methyl sites for hydroxylation is 1. The largest absolute Gasteiger partial charge is 0.504 e. The van der Waals surface area contributed by atoms with E-state index in [0.717, 1.165) is 50.0 Å². The lowest BCUT2D eigenvalue weighted by Crippen LogP contribution is -2.69. The van der Waals surface area contributed by atoms with Gasteiger partial charge in [-0.3, -0.25) is 19.9 Å². The van der Waals surface area contributed by atoms with E-state index in [2.05, 4.69) is 46.2 Å². The number of piperazine rings is 1. The van der Waals surface area contributed by atoms with Gasteiger partial charge in [-0.1, -0.05) is 24.3 Å². The van der Waals surface area contributed by atoms with Gasteiger partial charge in [0.05, 0.1) is 30.1 Å². The fourth-order valence-electron chi connectivity index (χ4n) is 11.2. The zero-order valence-corrected chi connectivity index (χ0v) is 33.2. The van der Waals surface area contributed by atoms with E-state index in [1.54, 1.807) is 18.9 Å². The number of carbonyl (C=O) groups is 2. The first kappa shape index (κ1) is 35.9. The van der Waals surface area contributed by atoms with Crippen LogP contribution in [0, 0.1) is 13.8 Å². The van der Waals surface area contributed by atoms with Crippen molar-refractivity contribution >= 4 is 34.6 Å². The number of phenols is 1. The molecule has 1 spiro atoms. The van der Waals surface area contributed by atoms with Crippen molar-refractivity contribution in [3.8, 4) is 28.7 Å². The summed E-state index contributed by atoms with van der Waals surface area (Å²) >= 11 is 1.63. The number of likely N-dealkylation sites (N-methyl/N-ethyl adjacent to an activating group) is 1. The lowest BCUT2D eigenvalue weighted by molar-refractivity contribution is -0.160. The number of hydrogen-bond acceptors (Lipinski definition) is 13. The number of para-hydroxylation sites is 1. The summed E-state index contributed by atoms with van der Waals surface area (Å²) in [4.78, 5) is 36.6. The fourth-order valence-corrected chi connectivity index (χ4v) is 12.9. The molecule has 294 valence electrons. The summed E-state index contributed by atoms with van der Waals surface area (Å²) in [6.07, 6.45) is 1.28. The van der Waals surface area contributed by atoms with Crippen LogP contribution in [-0.4, -0.2) is 95.9 Å². The van der Waals surface area contributed by atoms with Gasteiger partial charge in [-0.15, -0.1) is 11.8 Å². The Morgan fingerprint density at radius 2 is 1.91 bits per heavy atom. The average Bonchev–Trinajstić information content (AvgIpc) is 3.76. The van der Waals surface area contributed by atoms with Gasteiger partial charge in [0.1, 0.15) is 12.4 Å². The number of ether oxygens (including phenoxy) is 5. The highest BCUT2D eigenvalue weighted by Crippen LogP contribution is 2.65. The third-order valence-electron chi connectivity index (χ3n) is 13.2. The Morgan fingerprint density at radius 1 is 1.12 bits per heavy atom. The molecule has 13 nitrogen and oxygen atoms in total. The van der Waals surface area contributed by atoms with E-state index >= 15 is 4.79 Å². The molecule has 3 unspecified atom stereocenters. The van der Waals surface area contributed by atoms with Crippen LogP contribution in [0.2, 0.25) is 0 Å². The molecule has 1 aromatic heterocycles. The van der Waals surface area contributed by atoms with Crippen LogP contribution < -0.4 is 30.0 Å². The fraction of sp³-hybridized carbons (Fsp3) is 0.476. The molecular weight excluding hydrogens is 735 g/mol. The maximum absolute atomic E-state index is 15.1. The third kappa shape index (κ3) is 4.76. The highest BCUT2D eigenvalue weighted by atomic mass is 32.2. The van der Waals surface area contributed by atoms with E-state index in [0.29, 0.717) is 54.5 Å². The van der Waals surface area contributed by atoms with E-state index in [-0.39, 0.29) is 49.0 Å². The van der Waals surface area contributed by atoms with Crippen LogP contribution in [0.15, 0.2) is 30.3 Å². The number of H-pyrrole nitrogens is 1. The predicted octanol–water partition coefficient (Wildman–Crippen LogP) is 4.58. The molecule has 8 atom stereocenters. The lowest BCUT2D eigenvalue weighted by atomic mass is 9.76. The van der Waals surface area contributed by atoms with Crippen molar-refractivity contribution in [2.45, 2.75) is 81.0 Å². The van der Waals surface area contributed by atoms with Gasteiger partial charge in [0.25, 0.3) is 0 Å². The number of carbonyl (C=O) groups excluding carboxylic acids is 2. The highest BCUT2D eigenvalue weighted by molar-refractivity contribution is 7.99.